The molecule has 4 rings (SSSR count). The van der Waals surface area contributed by atoms with Crippen LogP contribution in [0, 0.1) is 0 Å². The lowest BCUT2D eigenvalue weighted by atomic mass is 9.95. The molecule has 2 aromatic rings. The Labute approximate surface area is 199 Å². The first-order valence-corrected chi connectivity index (χ1v) is 11.5. The molecule has 34 heavy (non-hydrogen) atoms. The second-order valence-electron chi connectivity index (χ2n) is 8.18. The zero-order valence-electron chi connectivity index (χ0n) is 19.5. The average molecular weight is 467 g/mol. The molecule has 2 fully saturated rings. The Balaban J connectivity index is 1.74. The fourth-order valence-electron chi connectivity index (χ4n) is 4.38. The zero-order chi connectivity index (χ0) is 24.1. The van der Waals surface area contributed by atoms with E-state index in [4.69, 9.17) is 14.2 Å². The molecule has 0 radical (unpaired) electrons. The van der Waals surface area contributed by atoms with Crippen LogP contribution in [0.5, 0.6) is 11.5 Å². The summed E-state index contributed by atoms with van der Waals surface area (Å²) in [4.78, 5) is 30.1. The molecule has 2 heterocycles. The lowest BCUT2D eigenvalue weighted by molar-refractivity contribution is -0.140. The van der Waals surface area contributed by atoms with Crippen LogP contribution in [0.4, 0.5) is 0 Å². The van der Waals surface area contributed by atoms with Gasteiger partial charge in [0.05, 0.1) is 38.5 Å². The molecule has 1 N–H and O–H groups in total. The number of methoxy groups -OCH3 is 1. The number of aliphatic hydroxyl groups is 1. The van der Waals surface area contributed by atoms with Crippen molar-refractivity contribution in [1.82, 2.24) is 9.80 Å². The molecule has 0 spiro atoms. The highest BCUT2D eigenvalue weighted by Gasteiger charge is 2.46. The Bertz CT molecular complexity index is 1060. The molecule has 0 saturated carbocycles. The van der Waals surface area contributed by atoms with Crippen molar-refractivity contribution in [2.24, 2.45) is 0 Å². The van der Waals surface area contributed by atoms with E-state index in [0.29, 0.717) is 55.5 Å². The molecule has 8 heteroatoms. The van der Waals surface area contributed by atoms with Gasteiger partial charge in [-0.1, -0.05) is 12.1 Å². The van der Waals surface area contributed by atoms with E-state index in [1.807, 2.05) is 31.2 Å². The summed E-state index contributed by atoms with van der Waals surface area (Å²) >= 11 is 0. The number of amides is 1. The molecular formula is C26H30N2O6. The van der Waals surface area contributed by atoms with E-state index in [-0.39, 0.29) is 11.3 Å². The van der Waals surface area contributed by atoms with E-state index in [9.17, 15) is 14.7 Å². The number of Topliss-reactive ketones (excluding diaryl/α,β-unsaturated/α-hetero) is 1. The van der Waals surface area contributed by atoms with Crippen molar-refractivity contribution in [2.75, 3.05) is 53.1 Å². The van der Waals surface area contributed by atoms with Gasteiger partial charge >= 0.3 is 0 Å². The number of ketones is 1. The van der Waals surface area contributed by atoms with Gasteiger partial charge in [-0.2, -0.15) is 0 Å². The third-order valence-corrected chi connectivity index (χ3v) is 6.15. The van der Waals surface area contributed by atoms with Crippen LogP contribution in [0.15, 0.2) is 54.1 Å². The highest BCUT2D eigenvalue weighted by atomic mass is 16.5. The van der Waals surface area contributed by atoms with Gasteiger partial charge in [-0.15, -0.1) is 0 Å². The van der Waals surface area contributed by atoms with Crippen LogP contribution in [-0.4, -0.2) is 79.7 Å². The summed E-state index contributed by atoms with van der Waals surface area (Å²) in [6.45, 7) is 6.21. The first-order valence-electron chi connectivity index (χ1n) is 11.5. The molecule has 0 bridgehead atoms. The van der Waals surface area contributed by atoms with E-state index >= 15 is 0 Å². The minimum atomic E-state index is -0.719. The monoisotopic (exact) mass is 466 g/mol. The molecule has 1 unspecified atom stereocenters. The van der Waals surface area contributed by atoms with Gasteiger partial charge < -0.3 is 24.2 Å². The van der Waals surface area contributed by atoms with Gasteiger partial charge in [0.15, 0.2) is 0 Å². The Morgan fingerprint density at radius 1 is 1.06 bits per heavy atom. The Morgan fingerprint density at radius 3 is 2.47 bits per heavy atom. The third-order valence-electron chi connectivity index (χ3n) is 6.15. The normalized spacial score (nSPS) is 20.5. The van der Waals surface area contributed by atoms with E-state index < -0.39 is 17.7 Å². The van der Waals surface area contributed by atoms with Gasteiger partial charge in [0.2, 0.25) is 0 Å². The van der Waals surface area contributed by atoms with Gasteiger partial charge in [-0.25, -0.2) is 0 Å². The molecule has 2 aliphatic heterocycles. The number of carbonyl (C=O) groups excluding carboxylic acids is 2. The highest BCUT2D eigenvalue weighted by Crippen LogP contribution is 2.40. The second kappa shape index (κ2) is 10.7. The summed E-state index contributed by atoms with van der Waals surface area (Å²) in [5.41, 5.74) is 1.23. The van der Waals surface area contributed by atoms with Crippen molar-refractivity contribution in [3.05, 3.63) is 65.2 Å². The number of nitrogens with zero attached hydrogens (tertiary/aromatic N) is 2. The number of benzene rings is 2. The fraction of sp³-hybridized carbons (Fsp3) is 0.385. The van der Waals surface area contributed by atoms with Gasteiger partial charge in [-0.05, 0) is 48.9 Å². The molecule has 2 saturated heterocycles. The van der Waals surface area contributed by atoms with Crippen LogP contribution in [0.1, 0.15) is 24.1 Å². The summed E-state index contributed by atoms with van der Waals surface area (Å²) in [6, 6.07) is 13.4. The Morgan fingerprint density at radius 2 is 1.79 bits per heavy atom. The van der Waals surface area contributed by atoms with Crippen molar-refractivity contribution in [3.63, 3.8) is 0 Å². The van der Waals surface area contributed by atoms with E-state index in [1.54, 1.807) is 36.3 Å². The van der Waals surface area contributed by atoms with Gasteiger partial charge in [0, 0.05) is 31.7 Å². The summed E-state index contributed by atoms with van der Waals surface area (Å²) in [6.07, 6.45) is 0. The quantitative estimate of drug-likeness (QED) is 0.364. The number of aliphatic hydroxyl groups excluding tert-OH is 1. The minimum absolute atomic E-state index is 0.0748. The Hall–Kier alpha value is -3.36. The van der Waals surface area contributed by atoms with Crippen LogP contribution < -0.4 is 9.47 Å². The summed E-state index contributed by atoms with van der Waals surface area (Å²) in [7, 11) is 1.56. The maximum absolute atomic E-state index is 13.2. The number of carbonyl (C=O) groups is 2. The molecule has 2 aromatic carbocycles. The number of ether oxygens (including phenoxy) is 3. The van der Waals surface area contributed by atoms with Crippen LogP contribution >= 0.6 is 0 Å². The molecule has 1 amide bonds. The maximum atomic E-state index is 13.2. The van der Waals surface area contributed by atoms with Crippen molar-refractivity contribution in [3.8, 4) is 11.5 Å². The van der Waals surface area contributed by atoms with Crippen LogP contribution in [0.25, 0.3) is 5.76 Å². The molecule has 1 atom stereocenters. The predicted molar refractivity (Wildman–Crippen MR) is 127 cm³/mol. The van der Waals surface area contributed by atoms with Crippen molar-refractivity contribution in [2.45, 2.75) is 13.0 Å². The summed E-state index contributed by atoms with van der Waals surface area (Å²) in [5.74, 6) is -0.245. The standard InChI is InChI=1S/C26H30N2O6/c1-3-34-21-6-4-5-19(17-21)23-22(24(29)18-7-9-20(32-2)10-8-18)25(30)26(31)28(23)12-11-27-13-15-33-16-14-27/h4-10,17,23,29H,3,11-16H2,1-2H3. The smallest absolute Gasteiger partial charge is 0.295 e. The molecule has 180 valence electrons. The van der Waals surface area contributed by atoms with Gasteiger partial charge in [0.1, 0.15) is 17.3 Å². The van der Waals surface area contributed by atoms with Crippen molar-refractivity contribution >= 4 is 17.4 Å². The van der Waals surface area contributed by atoms with Crippen molar-refractivity contribution < 1.29 is 28.9 Å². The summed E-state index contributed by atoms with van der Waals surface area (Å²) in [5, 5.41) is 11.2. The lowest BCUT2D eigenvalue weighted by Crippen LogP contribution is -2.42. The predicted octanol–water partition coefficient (Wildman–Crippen LogP) is 2.85. The SMILES string of the molecule is CCOc1cccc(C2C(=C(O)c3ccc(OC)cc3)C(=O)C(=O)N2CCN2CCOCC2)c1. The molecule has 2 aliphatic rings. The number of hydrogen-bond acceptors (Lipinski definition) is 7. The molecule has 0 aliphatic carbocycles. The molecular weight excluding hydrogens is 436 g/mol. The van der Waals surface area contributed by atoms with E-state index in [2.05, 4.69) is 4.90 Å². The van der Waals surface area contributed by atoms with Crippen molar-refractivity contribution in [1.29, 1.82) is 0 Å². The topological polar surface area (TPSA) is 88.5 Å². The highest BCUT2D eigenvalue weighted by molar-refractivity contribution is 6.46. The minimum Gasteiger partial charge on any atom is -0.507 e. The number of morpholine rings is 1. The van der Waals surface area contributed by atoms with Crippen LogP contribution in [-0.2, 0) is 14.3 Å². The number of hydrogen-bond donors (Lipinski definition) is 1. The third kappa shape index (κ3) is 4.93. The summed E-state index contributed by atoms with van der Waals surface area (Å²) < 4.78 is 16.3. The van der Waals surface area contributed by atoms with E-state index in [1.165, 1.54) is 0 Å². The fourth-order valence-corrected chi connectivity index (χ4v) is 4.38. The zero-order valence-corrected chi connectivity index (χ0v) is 19.5. The van der Waals surface area contributed by atoms with Crippen LogP contribution in [0.2, 0.25) is 0 Å². The van der Waals surface area contributed by atoms with E-state index in [0.717, 1.165) is 13.1 Å². The largest absolute Gasteiger partial charge is 0.507 e. The number of rotatable bonds is 8. The van der Waals surface area contributed by atoms with Crippen LogP contribution in [0.3, 0.4) is 0 Å². The van der Waals surface area contributed by atoms with Gasteiger partial charge in [-0.3, -0.25) is 14.5 Å². The second-order valence-corrected chi connectivity index (χ2v) is 8.18. The molecule has 8 nitrogen and oxygen atoms in total. The first-order chi connectivity index (χ1) is 16.5. The number of likely N-dealkylation sites (tertiary alicyclic amines) is 1. The van der Waals surface area contributed by atoms with Gasteiger partial charge in [0.25, 0.3) is 11.7 Å². The maximum Gasteiger partial charge on any atom is 0.295 e. The lowest BCUT2D eigenvalue weighted by Gasteiger charge is -2.31. The Kier molecular flexibility index (Phi) is 7.49. The first kappa shape index (κ1) is 23.8. The average Bonchev–Trinajstić information content (AvgIpc) is 3.13. The molecule has 0 aromatic heterocycles.